The van der Waals surface area contributed by atoms with Crippen molar-refractivity contribution in [1.29, 1.82) is 0 Å². The van der Waals surface area contributed by atoms with Crippen LogP contribution in [0.1, 0.15) is 10.8 Å². The van der Waals surface area contributed by atoms with Gasteiger partial charge in [-0.05, 0) is 78.4 Å². The predicted molar refractivity (Wildman–Crippen MR) is 160 cm³/mol. The van der Waals surface area contributed by atoms with E-state index in [-0.39, 0.29) is 10.8 Å². The van der Waals surface area contributed by atoms with Gasteiger partial charge in [-0.2, -0.15) is 0 Å². The lowest BCUT2D eigenvalue weighted by Gasteiger charge is -2.18. The second kappa shape index (κ2) is 12.5. The number of anilines is 2. The molecule has 0 fully saturated rings. The number of thioether (sulfide) groups is 1. The average Bonchev–Trinajstić information content (AvgIpc) is 2.99. The molecule has 0 bridgehead atoms. The molecule has 0 aliphatic heterocycles. The van der Waals surface area contributed by atoms with Gasteiger partial charge in [-0.25, -0.2) is 8.42 Å². The molecule has 40 heavy (non-hydrogen) atoms. The van der Waals surface area contributed by atoms with Crippen molar-refractivity contribution in [2.24, 2.45) is 0 Å². The number of carbonyl (C=O) groups excluding carboxylic acids is 1. The standard InChI is InChI=1S/C32H26N2O4S2/c35-32(33-25-16-20-28(21-17-25)38-27-12-6-2-7-13-27)31(24-10-4-1-5-11-24)39-29-22-18-26(19-23-29)34-40(36,37)30-14-8-3-9-15-30/h1-23,31,34H,(H,33,35). The van der Waals surface area contributed by atoms with Gasteiger partial charge in [-0.1, -0.05) is 66.7 Å². The summed E-state index contributed by atoms with van der Waals surface area (Å²) in [6.45, 7) is 0. The molecule has 1 atom stereocenters. The average molecular weight is 567 g/mol. The molecule has 0 radical (unpaired) electrons. The van der Waals surface area contributed by atoms with Gasteiger partial charge < -0.3 is 10.1 Å². The summed E-state index contributed by atoms with van der Waals surface area (Å²) in [6.07, 6.45) is 0. The van der Waals surface area contributed by atoms with Crippen LogP contribution in [0.4, 0.5) is 11.4 Å². The van der Waals surface area contributed by atoms with E-state index < -0.39 is 15.3 Å². The van der Waals surface area contributed by atoms with E-state index in [4.69, 9.17) is 4.74 Å². The summed E-state index contributed by atoms with van der Waals surface area (Å²) in [5, 5.41) is 2.47. The zero-order valence-corrected chi connectivity index (χ0v) is 22.9. The minimum Gasteiger partial charge on any atom is -0.457 e. The third kappa shape index (κ3) is 7.11. The van der Waals surface area contributed by atoms with E-state index in [1.165, 1.54) is 11.8 Å². The molecule has 8 heteroatoms. The molecule has 6 nitrogen and oxygen atoms in total. The molecular formula is C32H26N2O4S2. The molecule has 0 aromatic heterocycles. The number of rotatable bonds is 10. The number of carbonyl (C=O) groups is 1. The van der Waals surface area contributed by atoms with E-state index in [2.05, 4.69) is 10.0 Å². The zero-order chi connectivity index (χ0) is 27.8. The summed E-state index contributed by atoms with van der Waals surface area (Å²) in [6, 6.07) is 41.4. The molecule has 1 amide bonds. The lowest BCUT2D eigenvalue weighted by atomic mass is 10.1. The maximum Gasteiger partial charge on any atom is 0.261 e. The highest BCUT2D eigenvalue weighted by atomic mass is 32.2. The number of hydrogen-bond donors (Lipinski definition) is 2. The SMILES string of the molecule is O=C(Nc1ccc(Oc2ccccc2)cc1)C(Sc1ccc(NS(=O)(=O)c2ccccc2)cc1)c1ccccc1. The van der Waals surface area contributed by atoms with Crippen molar-refractivity contribution in [1.82, 2.24) is 0 Å². The Bertz CT molecular complexity index is 1650. The summed E-state index contributed by atoms with van der Waals surface area (Å²) in [7, 11) is -3.69. The molecule has 0 heterocycles. The fourth-order valence-electron chi connectivity index (χ4n) is 3.89. The van der Waals surface area contributed by atoms with Gasteiger partial charge in [-0.15, -0.1) is 11.8 Å². The molecule has 200 valence electrons. The van der Waals surface area contributed by atoms with E-state index in [1.807, 2.05) is 72.8 Å². The van der Waals surface area contributed by atoms with Gasteiger partial charge in [0.1, 0.15) is 16.7 Å². The van der Waals surface area contributed by atoms with Crippen molar-refractivity contribution in [2.75, 3.05) is 10.0 Å². The maximum absolute atomic E-state index is 13.5. The van der Waals surface area contributed by atoms with Crippen molar-refractivity contribution in [3.63, 3.8) is 0 Å². The van der Waals surface area contributed by atoms with Crippen LogP contribution in [0.25, 0.3) is 0 Å². The molecule has 0 spiro atoms. The first-order valence-electron chi connectivity index (χ1n) is 12.5. The van der Waals surface area contributed by atoms with Gasteiger partial charge in [0.25, 0.3) is 10.0 Å². The normalized spacial score (nSPS) is 11.8. The molecule has 5 rings (SSSR count). The quantitative estimate of drug-likeness (QED) is 0.169. The molecule has 2 N–H and O–H groups in total. The Labute approximate surface area is 238 Å². The van der Waals surface area contributed by atoms with Crippen molar-refractivity contribution >= 4 is 39.1 Å². The molecule has 0 saturated heterocycles. The van der Waals surface area contributed by atoms with Crippen molar-refractivity contribution < 1.29 is 17.9 Å². The lowest BCUT2D eigenvalue weighted by Crippen LogP contribution is -2.19. The molecule has 1 unspecified atom stereocenters. The van der Waals surface area contributed by atoms with Gasteiger partial charge in [0, 0.05) is 16.3 Å². The molecule has 5 aromatic rings. The predicted octanol–water partition coefficient (Wildman–Crippen LogP) is 7.75. The summed E-state index contributed by atoms with van der Waals surface area (Å²) in [5.41, 5.74) is 1.94. The van der Waals surface area contributed by atoms with Crippen LogP contribution in [0.2, 0.25) is 0 Å². The Kier molecular flexibility index (Phi) is 8.49. The Morgan fingerprint density at radius 2 is 1.15 bits per heavy atom. The second-order valence-electron chi connectivity index (χ2n) is 8.78. The number of benzene rings is 5. The summed E-state index contributed by atoms with van der Waals surface area (Å²) in [4.78, 5) is 14.5. The summed E-state index contributed by atoms with van der Waals surface area (Å²) < 4.78 is 33.7. The number of ether oxygens (including phenoxy) is 1. The van der Waals surface area contributed by atoms with Crippen LogP contribution >= 0.6 is 11.8 Å². The minimum atomic E-state index is -3.69. The lowest BCUT2D eigenvalue weighted by molar-refractivity contribution is -0.115. The first-order chi connectivity index (χ1) is 19.5. The highest BCUT2D eigenvalue weighted by Gasteiger charge is 2.22. The van der Waals surface area contributed by atoms with Crippen LogP contribution in [0.5, 0.6) is 11.5 Å². The smallest absolute Gasteiger partial charge is 0.261 e. The number of hydrogen-bond acceptors (Lipinski definition) is 5. The number of amides is 1. The third-order valence-electron chi connectivity index (χ3n) is 5.86. The van der Waals surface area contributed by atoms with Gasteiger partial charge >= 0.3 is 0 Å². The van der Waals surface area contributed by atoms with Crippen LogP contribution in [0.15, 0.2) is 149 Å². The van der Waals surface area contributed by atoms with Crippen LogP contribution in [0.3, 0.4) is 0 Å². The Morgan fingerprint density at radius 1 is 0.625 bits per heavy atom. The molecule has 0 aliphatic rings. The molecule has 0 saturated carbocycles. The Hall–Kier alpha value is -4.53. The fraction of sp³-hybridized carbons (Fsp3) is 0.0312. The van der Waals surface area contributed by atoms with E-state index in [9.17, 15) is 13.2 Å². The summed E-state index contributed by atoms with van der Waals surface area (Å²) >= 11 is 1.38. The van der Waals surface area contributed by atoms with Crippen LogP contribution in [0, 0.1) is 0 Å². The van der Waals surface area contributed by atoms with Crippen molar-refractivity contribution in [2.45, 2.75) is 15.0 Å². The van der Waals surface area contributed by atoms with Gasteiger partial charge in [0.2, 0.25) is 5.91 Å². The monoisotopic (exact) mass is 566 g/mol. The van der Waals surface area contributed by atoms with E-state index in [0.29, 0.717) is 17.1 Å². The van der Waals surface area contributed by atoms with Crippen LogP contribution in [-0.4, -0.2) is 14.3 Å². The summed E-state index contributed by atoms with van der Waals surface area (Å²) in [5.74, 6) is 1.22. The maximum atomic E-state index is 13.5. The number of nitrogens with one attached hydrogen (secondary N) is 2. The van der Waals surface area contributed by atoms with E-state index in [1.54, 1.807) is 66.7 Å². The van der Waals surface area contributed by atoms with Crippen molar-refractivity contribution in [3.05, 3.63) is 145 Å². The van der Waals surface area contributed by atoms with Crippen LogP contribution in [-0.2, 0) is 14.8 Å². The van der Waals surface area contributed by atoms with Gasteiger partial charge in [0.05, 0.1) is 4.90 Å². The zero-order valence-electron chi connectivity index (χ0n) is 21.3. The molecule has 0 aliphatic carbocycles. The minimum absolute atomic E-state index is 0.179. The number of sulfonamides is 1. The van der Waals surface area contributed by atoms with Gasteiger partial charge in [-0.3, -0.25) is 9.52 Å². The largest absolute Gasteiger partial charge is 0.457 e. The van der Waals surface area contributed by atoms with Crippen LogP contribution < -0.4 is 14.8 Å². The highest BCUT2D eigenvalue weighted by molar-refractivity contribution is 8.00. The topological polar surface area (TPSA) is 84.5 Å². The Morgan fingerprint density at radius 3 is 1.77 bits per heavy atom. The van der Waals surface area contributed by atoms with Crippen molar-refractivity contribution in [3.8, 4) is 11.5 Å². The second-order valence-corrected chi connectivity index (χ2v) is 11.6. The first-order valence-corrected chi connectivity index (χ1v) is 14.9. The third-order valence-corrected chi connectivity index (χ3v) is 8.52. The van der Waals surface area contributed by atoms with E-state index in [0.717, 1.165) is 16.2 Å². The van der Waals surface area contributed by atoms with Gasteiger partial charge in [0.15, 0.2) is 0 Å². The van der Waals surface area contributed by atoms with E-state index >= 15 is 0 Å². The highest BCUT2D eigenvalue weighted by Crippen LogP contribution is 2.37. The molecule has 5 aromatic carbocycles. The first kappa shape index (κ1) is 27.1. The number of para-hydroxylation sites is 1. The molecular weight excluding hydrogens is 540 g/mol. The fourth-order valence-corrected chi connectivity index (χ4v) is 6.00. The Balaban J connectivity index is 1.28.